The molecule has 0 aliphatic heterocycles. The second-order valence-corrected chi connectivity index (χ2v) is 9.97. The molecule has 0 radical (unpaired) electrons. The number of aliphatic hydroxyl groups excluding tert-OH is 2. The Kier molecular flexibility index (Phi) is 6.41. The lowest BCUT2D eigenvalue weighted by atomic mass is 9.46. The molecule has 4 unspecified atom stereocenters. The van der Waals surface area contributed by atoms with Crippen molar-refractivity contribution in [3.63, 3.8) is 0 Å². The summed E-state index contributed by atoms with van der Waals surface area (Å²) >= 11 is 0. The smallest absolute Gasteiger partial charge is 0.228 e. The van der Waals surface area contributed by atoms with Crippen LogP contribution in [0.15, 0.2) is 23.3 Å². The van der Waals surface area contributed by atoms with E-state index in [0.717, 1.165) is 19.3 Å². The normalized spacial score (nSPS) is 35.0. The van der Waals surface area contributed by atoms with E-state index in [1.807, 2.05) is 0 Å². The highest BCUT2D eigenvalue weighted by Gasteiger charge is 2.57. The van der Waals surface area contributed by atoms with Gasteiger partial charge in [0.25, 0.3) is 0 Å². The average Bonchev–Trinajstić information content (AvgIpc) is 2.66. The molecule has 0 aromatic rings. The fourth-order valence-corrected chi connectivity index (χ4v) is 6.52. The number of hydrogen-bond donors (Lipinski definition) is 2. The molecule has 4 heteroatoms. The zero-order valence-corrected chi connectivity index (χ0v) is 18.2. The third-order valence-corrected chi connectivity index (χ3v) is 8.10. The summed E-state index contributed by atoms with van der Waals surface area (Å²) in [5.74, 6) is 1.60. The molecule has 0 spiro atoms. The molecule has 1 amide bonds. The zero-order chi connectivity index (χ0) is 20.5. The lowest BCUT2D eigenvalue weighted by Crippen LogP contribution is -2.57. The third-order valence-electron chi connectivity index (χ3n) is 8.10. The molecule has 4 atom stereocenters. The number of nitrogens with zero attached hydrogens (tertiary/aromatic N) is 1. The molecule has 0 bridgehead atoms. The highest BCUT2D eigenvalue weighted by Crippen LogP contribution is 2.62. The molecule has 1 saturated carbocycles. The fourth-order valence-electron chi connectivity index (χ4n) is 6.52. The monoisotopic (exact) mass is 389 g/mol. The standard InChI is InChI=1S/C24H39NO3/c1-17(2)18-6-8-20-19(16-18)7-9-21-23(20,3)10-5-11-24(21,4)22(28)25(12-14-26)13-15-27/h7,16-17,20-21,26-27H,5-6,8-15H2,1-4H3. The first-order valence-corrected chi connectivity index (χ1v) is 11.2. The van der Waals surface area contributed by atoms with Crippen LogP contribution in [0.2, 0.25) is 0 Å². The number of allylic oxidation sites excluding steroid dienone is 4. The summed E-state index contributed by atoms with van der Waals surface area (Å²) in [7, 11) is 0. The van der Waals surface area contributed by atoms with E-state index >= 15 is 0 Å². The van der Waals surface area contributed by atoms with Crippen LogP contribution in [-0.4, -0.2) is 47.3 Å². The Morgan fingerprint density at radius 2 is 1.89 bits per heavy atom. The van der Waals surface area contributed by atoms with E-state index in [0.29, 0.717) is 30.8 Å². The molecule has 1 fully saturated rings. The summed E-state index contributed by atoms with van der Waals surface area (Å²) in [6, 6.07) is 0. The Morgan fingerprint density at radius 1 is 1.21 bits per heavy atom. The van der Waals surface area contributed by atoms with Crippen molar-refractivity contribution in [3.05, 3.63) is 23.3 Å². The largest absolute Gasteiger partial charge is 0.395 e. The van der Waals surface area contributed by atoms with E-state index in [1.165, 1.54) is 24.8 Å². The van der Waals surface area contributed by atoms with Gasteiger partial charge in [0.1, 0.15) is 0 Å². The summed E-state index contributed by atoms with van der Waals surface area (Å²) in [6.07, 6.45) is 11.4. The van der Waals surface area contributed by atoms with Crippen LogP contribution in [0, 0.1) is 28.6 Å². The van der Waals surface area contributed by atoms with Crippen molar-refractivity contribution in [2.24, 2.45) is 28.6 Å². The van der Waals surface area contributed by atoms with E-state index in [4.69, 9.17) is 0 Å². The van der Waals surface area contributed by atoms with Crippen LogP contribution in [0.25, 0.3) is 0 Å². The predicted octanol–water partition coefficient (Wildman–Crippen LogP) is 3.93. The van der Waals surface area contributed by atoms with E-state index in [9.17, 15) is 15.0 Å². The molecule has 2 N–H and O–H groups in total. The van der Waals surface area contributed by atoms with Crippen molar-refractivity contribution in [1.82, 2.24) is 4.90 Å². The van der Waals surface area contributed by atoms with Crippen molar-refractivity contribution in [2.75, 3.05) is 26.3 Å². The summed E-state index contributed by atoms with van der Waals surface area (Å²) in [5.41, 5.74) is 2.81. The van der Waals surface area contributed by atoms with Gasteiger partial charge in [-0.25, -0.2) is 0 Å². The van der Waals surface area contributed by atoms with Gasteiger partial charge in [0.05, 0.1) is 18.6 Å². The highest BCUT2D eigenvalue weighted by atomic mass is 16.3. The molecule has 28 heavy (non-hydrogen) atoms. The van der Waals surface area contributed by atoms with Crippen LogP contribution in [0.1, 0.15) is 66.2 Å². The lowest BCUT2D eigenvalue weighted by Gasteiger charge is -2.58. The maximum absolute atomic E-state index is 13.6. The first kappa shape index (κ1) is 21.6. The SMILES string of the molecule is CC(C)C1=CC2=CCC3C(C)(C(=O)N(CCO)CCO)CCCC3(C)C2CC1. The molecule has 0 saturated heterocycles. The molecular formula is C24H39NO3. The van der Waals surface area contributed by atoms with Crippen molar-refractivity contribution >= 4 is 5.91 Å². The first-order valence-electron chi connectivity index (χ1n) is 11.2. The minimum absolute atomic E-state index is 0.0563. The Labute approximate surface area is 170 Å². The molecule has 0 aromatic carbocycles. The Balaban J connectivity index is 1.93. The van der Waals surface area contributed by atoms with Gasteiger partial charge < -0.3 is 15.1 Å². The number of carbonyl (C=O) groups is 1. The van der Waals surface area contributed by atoms with Gasteiger partial charge in [-0.3, -0.25) is 4.79 Å². The number of rotatable bonds is 6. The van der Waals surface area contributed by atoms with Gasteiger partial charge >= 0.3 is 0 Å². The number of aliphatic hydroxyl groups is 2. The quantitative estimate of drug-likeness (QED) is 0.723. The molecule has 3 aliphatic rings. The Morgan fingerprint density at radius 3 is 2.50 bits per heavy atom. The van der Waals surface area contributed by atoms with Crippen LogP contribution in [0.4, 0.5) is 0 Å². The fraction of sp³-hybridized carbons (Fsp3) is 0.792. The van der Waals surface area contributed by atoms with E-state index in [-0.39, 0.29) is 24.5 Å². The molecule has 158 valence electrons. The number of amides is 1. The van der Waals surface area contributed by atoms with Crippen LogP contribution in [-0.2, 0) is 4.79 Å². The van der Waals surface area contributed by atoms with Gasteiger partial charge in [0.15, 0.2) is 0 Å². The third kappa shape index (κ3) is 3.59. The van der Waals surface area contributed by atoms with Gasteiger partial charge in [0.2, 0.25) is 5.91 Å². The van der Waals surface area contributed by atoms with Gasteiger partial charge in [-0.2, -0.15) is 0 Å². The Hall–Kier alpha value is -1.13. The average molecular weight is 390 g/mol. The number of hydrogen-bond acceptors (Lipinski definition) is 3. The topological polar surface area (TPSA) is 60.8 Å². The minimum Gasteiger partial charge on any atom is -0.395 e. The summed E-state index contributed by atoms with van der Waals surface area (Å²) in [6.45, 7) is 9.65. The van der Waals surface area contributed by atoms with Gasteiger partial charge in [-0.15, -0.1) is 0 Å². The number of carbonyl (C=O) groups excluding carboxylic acids is 1. The van der Waals surface area contributed by atoms with E-state index < -0.39 is 5.41 Å². The number of fused-ring (bicyclic) bond motifs is 3. The highest BCUT2D eigenvalue weighted by molar-refractivity contribution is 5.83. The maximum atomic E-state index is 13.6. The zero-order valence-electron chi connectivity index (χ0n) is 18.2. The second kappa shape index (κ2) is 8.31. The minimum atomic E-state index is -0.415. The molecule has 0 aromatic heterocycles. The first-order chi connectivity index (χ1) is 13.3. The van der Waals surface area contributed by atoms with E-state index in [1.54, 1.807) is 10.5 Å². The van der Waals surface area contributed by atoms with Gasteiger partial charge in [-0.05, 0) is 60.8 Å². The van der Waals surface area contributed by atoms with Crippen LogP contribution in [0.3, 0.4) is 0 Å². The van der Waals surface area contributed by atoms with E-state index in [2.05, 4.69) is 39.8 Å². The summed E-state index contributed by atoms with van der Waals surface area (Å²) < 4.78 is 0. The van der Waals surface area contributed by atoms with Crippen molar-refractivity contribution in [2.45, 2.75) is 66.2 Å². The summed E-state index contributed by atoms with van der Waals surface area (Å²) in [4.78, 5) is 15.3. The van der Waals surface area contributed by atoms with Crippen LogP contribution >= 0.6 is 0 Å². The molecular weight excluding hydrogens is 350 g/mol. The Bertz CT molecular complexity index is 646. The maximum Gasteiger partial charge on any atom is 0.228 e. The van der Waals surface area contributed by atoms with Crippen molar-refractivity contribution < 1.29 is 15.0 Å². The van der Waals surface area contributed by atoms with Crippen LogP contribution in [0.5, 0.6) is 0 Å². The van der Waals surface area contributed by atoms with Gasteiger partial charge in [-0.1, -0.05) is 51.8 Å². The second-order valence-electron chi connectivity index (χ2n) is 9.97. The molecule has 0 heterocycles. The van der Waals surface area contributed by atoms with Crippen LogP contribution < -0.4 is 0 Å². The molecule has 3 rings (SSSR count). The summed E-state index contributed by atoms with van der Waals surface area (Å²) in [5, 5.41) is 18.8. The van der Waals surface area contributed by atoms with Crippen molar-refractivity contribution in [3.8, 4) is 0 Å². The van der Waals surface area contributed by atoms with Crippen molar-refractivity contribution in [1.29, 1.82) is 0 Å². The van der Waals surface area contributed by atoms with Gasteiger partial charge in [0, 0.05) is 13.1 Å². The molecule has 3 aliphatic carbocycles. The molecule has 4 nitrogen and oxygen atoms in total. The lowest BCUT2D eigenvalue weighted by molar-refractivity contribution is -0.156. The predicted molar refractivity (Wildman–Crippen MR) is 113 cm³/mol.